The van der Waals surface area contributed by atoms with Gasteiger partial charge in [-0.15, -0.1) is 17.9 Å². The fourth-order valence-electron chi connectivity index (χ4n) is 2.74. The highest BCUT2D eigenvalue weighted by atomic mass is 32.1. The van der Waals surface area contributed by atoms with Crippen molar-refractivity contribution < 1.29 is 23.5 Å². The molecule has 0 aliphatic heterocycles. The van der Waals surface area contributed by atoms with E-state index in [0.29, 0.717) is 6.54 Å². The van der Waals surface area contributed by atoms with Gasteiger partial charge in [0.05, 0.1) is 13.2 Å². The molecule has 1 aromatic carbocycles. The number of nitrogens with zero attached hydrogens (tertiary/aromatic N) is 2. The van der Waals surface area contributed by atoms with Crippen molar-refractivity contribution in [2.45, 2.75) is 20.0 Å². The highest BCUT2D eigenvalue weighted by Gasteiger charge is 2.22. The van der Waals surface area contributed by atoms with Crippen LogP contribution in [0.5, 0.6) is 0 Å². The maximum atomic E-state index is 13.2. The predicted octanol–water partition coefficient (Wildman–Crippen LogP) is 3.18. The summed E-state index contributed by atoms with van der Waals surface area (Å²) in [5.41, 5.74) is 0.772. The fraction of sp³-hybridized carbons (Fsp3) is 0.318. The molecule has 0 bridgehead atoms. The fourth-order valence-corrected chi connectivity index (χ4v) is 3.46. The lowest BCUT2D eigenvalue weighted by atomic mass is 10.2. The number of ether oxygens (including phenoxy) is 1. The van der Waals surface area contributed by atoms with E-state index in [-0.39, 0.29) is 44.5 Å². The normalized spacial score (nSPS) is 10.3. The quantitative estimate of drug-likeness (QED) is 0.424. The molecule has 0 saturated heterocycles. The van der Waals surface area contributed by atoms with Crippen molar-refractivity contribution in [1.82, 2.24) is 15.1 Å². The minimum Gasteiger partial charge on any atom is -0.465 e. The molecule has 7 nitrogen and oxygen atoms in total. The number of carbonyl (C=O) groups excluding carboxylic acids is 3. The number of carbonyl (C=O) groups is 3. The van der Waals surface area contributed by atoms with E-state index in [1.54, 1.807) is 24.0 Å². The largest absolute Gasteiger partial charge is 0.465 e. The molecule has 1 N–H and O–H groups in total. The molecule has 0 radical (unpaired) electrons. The summed E-state index contributed by atoms with van der Waals surface area (Å²) in [5, 5.41) is 4.37. The Balaban J connectivity index is 2.08. The van der Waals surface area contributed by atoms with Crippen LogP contribution in [-0.4, -0.2) is 53.9 Å². The van der Waals surface area contributed by atoms with Crippen LogP contribution in [0.25, 0.3) is 0 Å². The summed E-state index contributed by atoms with van der Waals surface area (Å²) in [6.07, 6.45) is 1.50. The van der Waals surface area contributed by atoms with Crippen LogP contribution < -0.4 is 5.32 Å². The summed E-state index contributed by atoms with van der Waals surface area (Å²) in [7, 11) is 0. The van der Waals surface area contributed by atoms with Crippen LogP contribution in [0.1, 0.15) is 17.4 Å². The molecule has 31 heavy (non-hydrogen) atoms. The average molecular weight is 448 g/mol. The smallest absolute Gasteiger partial charge is 0.325 e. The van der Waals surface area contributed by atoms with E-state index in [1.807, 2.05) is 17.5 Å². The monoisotopic (exact) mass is 447 g/mol. The van der Waals surface area contributed by atoms with Crippen LogP contribution in [0.3, 0.4) is 0 Å². The Morgan fingerprint density at radius 1 is 1.16 bits per heavy atom. The molecule has 3 amide bonds. The van der Waals surface area contributed by atoms with Gasteiger partial charge in [-0.25, -0.2) is 9.18 Å². The summed E-state index contributed by atoms with van der Waals surface area (Å²) >= 11 is 1.52. The highest BCUT2D eigenvalue weighted by Crippen LogP contribution is 2.15. The van der Waals surface area contributed by atoms with Gasteiger partial charge in [-0.05, 0) is 36.1 Å². The van der Waals surface area contributed by atoms with Gasteiger partial charge >= 0.3 is 12.0 Å². The number of hydrogen-bond donors (Lipinski definition) is 1. The second-order valence-corrected chi connectivity index (χ2v) is 7.62. The van der Waals surface area contributed by atoms with Crippen LogP contribution in [-0.2, 0) is 27.4 Å². The molecule has 1 heterocycles. The lowest BCUT2D eigenvalue weighted by molar-refractivity contribution is -0.141. The second-order valence-electron chi connectivity index (χ2n) is 6.59. The first-order valence-electron chi connectivity index (χ1n) is 9.76. The van der Waals surface area contributed by atoms with Crippen LogP contribution in [0.15, 0.2) is 54.4 Å². The SMILES string of the molecule is C=CCN(CC(=O)N(Cc1ccc(F)cc1)Cc1cccs1)C(=O)NCC(=O)OCC. The molecule has 0 aliphatic rings. The minimum absolute atomic E-state index is 0.129. The third-order valence-corrected chi connectivity index (χ3v) is 5.08. The van der Waals surface area contributed by atoms with E-state index in [0.717, 1.165) is 10.4 Å². The number of amides is 3. The summed E-state index contributed by atoms with van der Waals surface area (Å²) in [5.74, 6) is -1.20. The first-order chi connectivity index (χ1) is 14.9. The Labute approximate surface area is 185 Å². The van der Waals surface area contributed by atoms with E-state index < -0.39 is 12.0 Å². The van der Waals surface area contributed by atoms with Gasteiger partial charge in [0.15, 0.2) is 0 Å². The molecule has 9 heteroatoms. The summed E-state index contributed by atoms with van der Waals surface area (Å²) in [4.78, 5) is 40.9. The molecule has 0 saturated carbocycles. The lowest BCUT2D eigenvalue weighted by Crippen LogP contribution is -2.47. The van der Waals surface area contributed by atoms with Crippen molar-refractivity contribution in [2.75, 3.05) is 26.2 Å². The predicted molar refractivity (Wildman–Crippen MR) is 117 cm³/mol. The van der Waals surface area contributed by atoms with E-state index in [4.69, 9.17) is 4.74 Å². The maximum Gasteiger partial charge on any atom is 0.325 e. The van der Waals surface area contributed by atoms with Crippen LogP contribution in [0.4, 0.5) is 9.18 Å². The Bertz CT molecular complexity index is 871. The molecular weight excluding hydrogens is 421 g/mol. The van der Waals surface area contributed by atoms with Crippen LogP contribution in [0, 0.1) is 5.82 Å². The van der Waals surface area contributed by atoms with Crippen molar-refractivity contribution in [3.63, 3.8) is 0 Å². The molecule has 0 unspecified atom stereocenters. The number of benzene rings is 1. The molecule has 0 spiro atoms. The van der Waals surface area contributed by atoms with Gasteiger partial charge in [0, 0.05) is 18.0 Å². The van der Waals surface area contributed by atoms with E-state index in [9.17, 15) is 18.8 Å². The second kappa shape index (κ2) is 12.5. The van der Waals surface area contributed by atoms with Crippen LogP contribution in [0.2, 0.25) is 0 Å². The van der Waals surface area contributed by atoms with Gasteiger partial charge in [0.1, 0.15) is 18.9 Å². The van der Waals surface area contributed by atoms with Gasteiger partial charge in [-0.2, -0.15) is 0 Å². The van der Waals surface area contributed by atoms with Crippen molar-refractivity contribution in [1.29, 1.82) is 0 Å². The van der Waals surface area contributed by atoms with E-state index >= 15 is 0 Å². The number of hydrogen-bond acceptors (Lipinski definition) is 5. The minimum atomic E-state index is -0.570. The number of rotatable bonds is 11. The van der Waals surface area contributed by atoms with Gasteiger partial charge in [-0.3, -0.25) is 9.59 Å². The number of urea groups is 1. The third kappa shape index (κ3) is 8.21. The van der Waals surface area contributed by atoms with Gasteiger partial charge in [-0.1, -0.05) is 24.3 Å². The number of thiophene rings is 1. The van der Waals surface area contributed by atoms with Crippen LogP contribution >= 0.6 is 11.3 Å². The molecule has 2 aromatic rings. The highest BCUT2D eigenvalue weighted by molar-refractivity contribution is 7.09. The Kier molecular flexibility index (Phi) is 9.70. The standard InChI is InChI=1S/C22H26FN3O4S/c1-3-11-25(22(29)24-13-21(28)30-4-2)16-20(27)26(15-19-6-5-12-31-19)14-17-7-9-18(23)10-8-17/h3,5-10,12H,1,4,11,13-16H2,2H3,(H,24,29). The molecule has 1 aromatic heterocycles. The van der Waals surface area contributed by atoms with Crippen molar-refractivity contribution in [3.8, 4) is 0 Å². The van der Waals surface area contributed by atoms with Gasteiger partial charge in [0.2, 0.25) is 5.91 Å². The maximum absolute atomic E-state index is 13.2. The number of esters is 1. The third-order valence-electron chi connectivity index (χ3n) is 4.22. The van der Waals surface area contributed by atoms with E-state index in [2.05, 4.69) is 11.9 Å². The molecule has 0 fully saturated rings. The molecule has 166 valence electrons. The summed E-state index contributed by atoms with van der Waals surface area (Å²) in [6.45, 7) is 5.78. The summed E-state index contributed by atoms with van der Waals surface area (Å²) in [6, 6.07) is 9.18. The zero-order valence-electron chi connectivity index (χ0n) is 17.4. The summed E-state index contributed by atoms with van der Waals surface area (Å²) < 4.78 is 18.0. The first-order valence-corrected chi connectivity index (χ1v) is 10.6. The van der Waals surface area contributed by atoms with Crippen molar-refractivity contribution >= 4 is 29.2 Å². The van der Waals surface area contributed by atoms with E-state index in [1.165, 1.54) is 34.4 Å². The van der Waals surface area contributed by atoms with Gasteiger partial charge < -0.3 is 19.9 Å². The molecule has 2 rings (SSSR count). The Hall–Kier alpha value is -3.20. The zero-order chi connectivity index (χ0) is 22.6. The lowest BCUT2D eigenvalue weighted by Gasteiger charge is -2.27. The molecule has 0 aliphatic carbocycles. The molecular formula is C22H26FN3O4S. The number of nitrogens with one attached hydrogen (secondary N) is 1. The average Bonchev–Trinajstić information content (AvgIpc) is 3.26. The zero-order valence-corrected chi connectivity index (χ0v) is 18.2. The Morgan fingerprint density at radius 3 is 2.52 bits per heavy atom. The van der Waals surface area contributed by atoms with Crippen molar-refractivity contribution in [2.24, 2.45) is 0 Å². The van der Waals surface area contributed by atoms with Gasteiger partial charge in [0.25, 0.3) is 0 Å². The Morgan fingerprint density at radius 2 is 1.90 bits per heavy atom. The molecule has 0 atom stereocenters. The first kappa shape index (κ1) is 24.1. The van der Waals surface area contributed by atoms with Crippen molar-refractivity contribution in [3.05, 3.63) is 70.7 Å². The topological polar surface area (TPSA) is 79.0 Å². The number of halogens is 1.